The molecule has 1 aromatic rings. The van der Waals surface area contributed by atoms with Crippen LogP contribution in [0.4, 0.5) is 5.82 Å². The third-order valence-electron chi connectivity index (χ3n) is 2.88. The zero-order valence-electron chi connectivity index (χ0n) is 10.5. The highest BCUT2D eigenvalue weighted by Crippen LogP contribution is 2.29. The van der Waals surface area contributed by atoms with Crippen molar-refractivity contribution in [3.05, 3.63) is 21.4 Å². The van der Waals surface area contributed by atoms with E-state index in [9.17, 15) is 4.79 Å². The molecule has 0 N–H and O–H groups in total. The second kappa shape index (κ2) is 4.55. The van der Waals surface area contributed by atoms with Gasteiger partial charge in [0.1, 0.15) is 5.82 Å². The van der Waals surface area contributed by atoms with Crippen LogP contribution >= 0.6 is 22.6 Å². The highest BCUT2D eigenvalue weighted by molar-refractivity contribution is 14.1. The molecule has 17 heavy (non-hydrogen) atoms. The van der Waals surface area contributed by atoms with Crippen LogP contribution in [0.5, 0.6) is 0 Å². The van der Waals surface area contributed by atoms with Gasteiger partial charge in [0.05, 0.1) is 0 Å². The second-order valence-electron chi connectivity index (χ2n) is 5.45. The Kier molecular flexibility index (Phi) is 3.43. The van der Waals surface area contributed by atoms with Crippen molar-refractivity contribution in [1.29, 1.82) is 0 Å². The number of amides is 1. The number of halogens is 1. The van der Waals surface area contributed by atoms with Crippen molar-refractivity contribution in [2.45, 2.75) is 33.6 Å². The summed E-state index contributed by atoms with van der Waals surface area (Å²) in [5, 5.41) is 0. The predicted octanol–water partition coefficient (Wildman–Crippen LogP) is 3.01. The molecule has 0 atom stereocenters. The van der Waals surface area contributed by atoms with Gasteiger partial charge in [-0.25, -0.2) is 4.98 Å². The molecule has 0 spiro atoms. The molecular formula is C13H17IN2O. The average molecular weight is 344 g/mol. The van der Waals surface area contributed by atoms with Crippen LogP contribution in [0.1, 0.15) is 32.8 Å². The van der Waals surface area contributed by atoms with Gasteiger partial charge in [0.15, 0.2) is 0 Å². The highest BCUT2D eigenvalue weighted by Gasteiger charge is 2.31. The molecule has 1 aliphatic heterocycles. The number of anilines is 1. The van der Waals surface area contributed by atoms with Gasteiger partial charge in [0.2, 0.25) is 5.91 Å². The number of pyridine rings is 1. The molecule has 3 nitrogen and oxygen atoms in total. The lowest BCUT2D eigenvalue weighted by molar-refractivity contribution is -0.125. The summed E-state index contributed by atoms with van der Waals surface area (Å²) in [4.78, 5) is 18.6. The van der Waals surface area contributed by atoms with Crippen LogP contribution in [0.3, 0.4) is 0 Å². The Bertz CT molecular complexity index is 451. The first-order chi connectivity index (χ1) is 7.89. The van der Waals surface area contributed by atoms with E-state index in [0.29, 0.717) is 0 Å². The van der Waals surface area contributed by atoms with E-state index in [1.165, 1.54) is 5.56 Å². The summed E-state index contributed by atoms with van der Waals surface area (Å²) >= 11 is 2.26. The van der Waals surface area contributed by atoms with Crippen LogP contribution in [0.15, 0.2) is 12.3 Å². The van der Waals surface area contributed by atoms with Crippen LogP contribution in [0.2, 0.25) is 0 Å². The van der Waals surface area contributed by atoms with Crippen LogP contribution in [-0.2, 0) is 11.2 Å². The number of carbonyl (C=O) groups is 1. The van der Waals surface area contributed by atoms with E-state index in [0.717, 1.165) is 28.8 Å². The fraction of sp³-hybridized carbons (Fsp3) is 0.538. The minimum atomic E-state index is -0.348. The van der Waals surface area contributed by atoms with Crippen molar-refractivity contribution in [1.82, 2.24) is 4.98 Å². The number of hydrogen-bond acceptors (Lipinski definition) is 2. The second-order valence-corrected chi connectivity index (χ2v) is 6.69. The zero-order valence-corrected chi connectivity index (χ0v) is 12.6. The van der Waals surface area contributed by atoms with Crippen molar-refractivity contribution in [3.63, 3.8) is 0 Å². The minimum Gasteiger partial charge on any atom is -0.296 e. The minimum absolute atomic E-state index is 0.159. The first-order valence-corrected chi connectivity index (χ1v) is 6.94. The van der Waals surface area contributed by atoms with Crippen LogP contribution in [-0.4, -0.2) is 17.4 Å². The monoisotopic (exact) mass is 344 g/mol. The lowest BCUT2D eigenvalue weighted by atomic mass is 9.93. The molecule has 2 heterocycles. The summed E-state index contributed by atoms with van der Waals surface area (Å²) in [6, 6.07) is 2.13. The summed E-state index contributed by atoms with van der Waals surface area (Å²) in [7, 11) is 0. The smallest absolute Gasteiger partial charge is 0.233 e. The summed E-state index contributed by atoms with van der Waals surface area (Å²) < 4.78 is 1.13. The summed E-state index contributed by atoms with van der Waals surface area (Å²) in [6.45, 7) is 6.65. The fourth-order valence-electron chi connectivity index (χ4n) is 2.04. The number of nitrogens with zero attached hydrogens (tertiary/aromatic N) is 2. The van der Waals surface area contributed by atoms with E-state index in [1.54, 1.807) is 0 Å². The average Bonchev–Trinajstić information content (AvgIpc) is 2.25. The molecule has 0 bridgehead atoms. The van der Waals surface area contributed by atoms with Gasteiger partial charge in [-0.2, -0.15) is 0 Å². The lowest BCUT2D eigenvalue weighted by Gasteiger charge is -2.33. The third kappa shape index (κ3) is 2.61. The van der Waals surface area contributed by atoms with Gasteiger partial charge >= 0.3 is 0 Å². The Morgan fingerprint density at radius 1 is 1.47 bits per heavy atom. The Hall–Kier alpha value is -0.650. The number of rotatable bonds is 0. The Balaban J connectivity index is 2.39. The molecule has 0 fully saturated rings. The van der Waals surface area contributed by atoms with Crippen molar-refractivity contribution < 1.29 is 4.79 Å². The van der Waals surface area contributed by atoms with E-state index in [4.69, 9.17) is 0 Å². The predicted molar refractivity (Wildman–Crippen MR) is 77.1 cm³/mol. The van der Waals surface area contributed by atoms with Crippen LogP contribution in [0.25, 0.3) is 0 Å². The molecule has 1 aromatic heterocycles. The summed E-state index contributed by atoms with van der Waals surface area (Å²) in [5.41, 5.74) is 0.847. The van der Waals surface area contributed by atoms with Gasteiger partial charge in [0.25, 0.3) is 0 Å². The molecule has 1 amide bonds. The van der Waals surface area contributed by atoms with E-state index in [-0.39, 0.29) is 11.3 Å². The standard InChI is InChI=1S/C13H17IN2O/c1-13(2,3)12(17)16-6-4-5-9-7-10(14)8-15-11(9)16/h7-8H,4-6H2,1-3H3. The van der Waals surface area contributed by atoms with E-state index < -0.39 is 0 Å². The highest BCUT2D eigenvalue weighted by atomic mass is 127. The van der Waals surface area contributed by atoms with E-state index in [2.05, 4.69) is 33.6 Å². The molecule has 0 saturated carbocycles. The Morgan fingerprint density at radius 3 is 2.82 bits per heavy atom. The molecule has 1 aliphatic rings. The van der Waals surface area contributed by atoms with E-state index in [1.807, 2.05) is 31.9 Å². The first kappa shape index (κ1) is 12.8. The van der Waals surface area contributed by atoms with Gasteiger partial charge in [-0.1, -0.05) is 20.8 Å². The van der Waals surface area contributed by atoms with Crippen LogP contribution < -0.4 is 4.90 Å². The Labute approximate surface area is 116 Å². The molecule has 0 aliphatic carbocycles. The summed E-state index contributed by atoms with van der Waals surface area (Å²) in [5.74, 6) is 1.02. The number of hydrogen-bond donors (Lipinski definition) is 0. The number of fused-ring (bicyclic) bond motifs is 1. The summed E-state index contributed by atoms with van der Waals surface area (Å²) in [6.07, 6.45) is 3.87. The van der Waals surface area contributed by atoms with Crippen molar-refractivity contribution in [2.24, 2.45) is 5.41 Å². The maximum atomic E-state index is 12.4. The van der Waals surface area contributed by atoms with Crippen molar-refractivity contribution >= 4 is 34.3 Å². The molecule has 0 aromatic carbocycles. The van der Waals surface area contributed by atoms with Crippen molar-refractivity contribution in [2.75, 3.05) is 11.4 Å². The Morgan fingerprint density at radius 2 is 2.18 bits per heavy atom. The zero-order chi connectivity index (χ0) is 12.6. The van der Waals surface area contributed by atoms with Gasteiger partial charge < -0.3 is 0 Å². The topological polar surface area (TPSA) is 33.2 Å². The molecule has 0 unspecified atom stereocenters. The molecule has 92 valence electrons. The van der Waals surface area contributed by atoms with E-state index >= 15 is 0 Å². The number of aryl methyl sites for hydroxylation is 1. The van der Waals surface area contributed by atoms with Gasteiger partial charge in [-0.3, -0.25) is 9.69 Å². The molecular weight excluding hydrogens is 327 g/mol. The maximum Gasteiger partial charge on any atom is 0.233 e. The normalized spacial score (nSPS) is 15.6. The lowest BCUT2D eigenvalue weighted by Crippen LogP contribution is -2.43. The maximum absolute atomic E-state index is 12.4. The SMILES string of the molecule is CC(C)(C)C(=O)N1CCCc2cc(I)cnc21. The largest absolute Gasteiger partial charge is 0.296 e. The molecule has 2 rings (SSSR count). The molecule has 4 heteroatoms. The first-order valence-electron chi connectivity index (χ1n) is 5.86. The molecule has 0 saturated heterocycles. The van der Waals surface area contributed by atoms with Gasteiger partial charge in [0, 0.05) is 21.7 Å². The van der Waals surface area contributed by atoms with Crippen LogP contribution in [0, 0.1) is 8.99 Å². The molecule has 0 radical (unpaired) electrons. The number of aromatic nitrogens is 1. The van der Waals surface area contributed by atoms with Gasteiger partial charge in [-0.15, -0.1) is 0 Å². The fourth-order valence-corrected chi connectivity index (χ4v) is 2.55. The quantitative estimate of drug-likeness (QED) is 0.678. The number of carbonyl (C=O) groups excluding carboxylic acids is 1. The third-order valence-corrected chi connectivity index (χ3v) is 3.47. The van der Waals surface area contributed by atoms with Gasteiger partial charge in [-0.05, 0) is 47.1 Å². The van der Waals surface area contributed by atoms with Crippen molar-refractivity contribution in [3.8, 4) is 0 Å².